The van der Waals surface area contributed by atoms with Crippen molar-refractivity contribution in [1.29, 1.82) is 0 Å². The highest BCUT2D eigenvalue weighted by atomic mass is 35.5. The normalized spacial score (nSPS) is 10.5. The van der Waals surface area contributed by atoms with Gasteiger partial charge in [-0.25, -0.2) is 9.37 Å². The first-order valence-corrected chi connectivity index (χ1v) is 4.39. The first kappa shape index (κ1) is 9.15. The fraction of sp³-hybridized carbons (Fsp3) is 0.111. The lowest BCUT2D eigenvalue weighted by molar-refractivity contribution is 0.630. The Kier molecular flexibility index (Phi) is 2.21. The van der Waals surface area contributed by atoms with Crippen molar-refractivity contribution in [1.82, 2.24) is 15.2 Å². The van der Waals surface area contributed by atoms with E-state index < -0.39 is 5.82 Å². The number of halogens is 2. The molecule has 0 aliphatic carbocycles. The van der Waals surface area contributed by atoms with Crippen molar-refractivity contribution in [2.45, 2.75) is 6.92 Å². The Morgan fingerprint density at radius 1 is 1.43 bits per heavy atom. The van der Waals surface area contributed by atoms with Crippen molar-refractivity contribution in [3.05, 3.63) is 34.9 Å². The Bertz CT molecular complexity index is 447. The zero-order valence-corrected chi connectivity index (χ0v) is 8.14. The number of rotatable bonds is 1. The molecule has 72 valence electrons. The van der Waals surface area contributed by atoms with Crippen molar-refractivity contribution >= 4 is 11.6 Å². The summed E-state index contributed by atoms with van der Waals surface area (Å²) in [5, 5.41) is 6.79. The summed E-state index contributed by atoms with van der Waals surface area (Å²) < 4.78 is 13.4. The van der Waals surface area contributed by atoms with Gasteiger partial charge in [0.05, 0.1) is 10.6 Å². The van der Waals surface area contributed by atoms with Crippen LogP contribution in [0.15, 0.2) is 18.2 Å². The molecule has 0 atom stereocenters. The van der Waals surface area contributed by atoms with Gasteiger partial charge in [0, 0.05) is 0 Å². The summed E-state index contributed by atoms with van der Waals surface area (Å²) in [7, 11) is 0. The van der Waals surface area contributed by atoms with Crippen LogP contribution in [0.5, 0.6) is 0 Å². The van der Waals surface area contributed by atoms with E-state index in [0.717, 1.165) is 0 Å². The predicted octanol–water partition coefficient (Wildman–Crippen LogP) is 2.57. The third kappa shape index (κ3) is 1.48. The van der Waals surface area contributed by atoms with Crippen LogP contribution in [0.2, 0.25) is 5.02 Å². The van der Waals surface area contributed by atoms with Gasteiger partial charge in [0.25, 0.3) is 0 Å². The summed E-state index contributed by atoms with van der Waals surface area (Å²) in [6.45, 7) is 1.74. The van der Waals surface area contributed by atoms with Gasteiger partial charge in [-0.05, 0) is 19.1 Å². The maximum absolute atomic E-state index is 13.4. The zero-order chi connectivity index (χ0) is 10.1. The van der Waals surface area contributed by atoms with Crippen molar-refractivity contribution in [3.8, 4) is 11.4 Å². The van der Waals surface area contributed by atoms with E-state index in [9.17, 15) is 4.39 Å². The third-order valence-corrected chi connectivity index (χ3v) is 2.10. The molecule has 5 heteroatoms. The summed E-state index contributed by atoms with van der Waals surface area (Å²) in [6.07, 6.45) is 0. The van der Waals surface area contributed by atoms with Gasteiger partial charge < -0.3 is 0 Å². The highest BCUT2D eigenvalue weighted by Crippen LogP contribution is 2.27. The molecule has 0 amide bonds. The van der Waals surface area contributed by atoms with Crippen LogP contribution in [0.25, 0.3) is 11.4 Å². The smallest absolute Gasteiger partial charge is 0.185 e. The maximum atomic E-state index is 13.4. The van der Waals surface area contributed by atoms with Gasteiger partial charge in [-0.2, -0.15) is 5.10 Å². The maximum Gasteiger partial charge on any atom is 0.185 e. The van der Waals surface area contributed by atoms with Crippen LogP contribution in [0, 0.1) is 12.7 Å². The van der Waals surface area contributed by atoms with Crippen molar-refractivity contribution in [2.75, 3.05) is 0 Å². The molecular weight excluding hydrogens is 205 g/mol. The summed E-state index contributed by atoms with van der Waals surface area (Å²) in [5.74, 6) is 0.487. The standard InChI is InChI=1S/C9H7ClFN3/c1-5-12-9(14-13-5)8-6(10)3-2-4-7(8)11/h2-4H,1H3,(H,12,13,14). The average Bonchev–Trinajstić information content (AvgIpc) is 2.51. The predicted molar refractivity (Wildman–Crippen MR) is 51.5 cm³/mol. The molecule has 0 bridgehead atoms. The number of H-pyrrole nitrogens is 1. The number of hydrogen-bond acceptors (Lipinski definition) is 2. The molecule has 3 nitrogen and oxygen atoms in total. The van der Waals surface area contributed by atoms with Crippen LogP contribution in [-0.2, 0) is 0 Å². The number of nitrogens with zero attached hydrogens (tertiary/aromatic N) is 2. The minimum absolute atomic E-state index is 0.235. The van der Waals surface area contributed by atoms with Gasteiger partial charge in [-0.15, -0.1) is 0 Å². The van der Waals surface area contributed by atoms with Crippen LogP contribution in [0.3, 0.4) is 0 Å². The quantitative estimate of drug-likeness (QED) is 0.788. The highest BCUT2D eigenvalue weighted by molar-refractivity contribution is 6.33. The Hall–Kier alpha value is -1.42. The minimum atomic E-state index is -0.420. The molecule has 0 spiro atoms. The molecule has 0 aliphatic heterocycles. The first-order valence-electron chi connectivity index (χ1n) is 4.02. The van der Waals surface area contributed by atoms with E-state index in [1.54, 1.807) is 19.1 Å². The molecule has 14 heavy (non-hydrogen) atoms. The van der Waals surface area contributed by atoms with E-state index in [4.69, 9.17) is 11.6 Å². The van der Waals surface area contributed by atoms with E-state index in [-0.39, 0.29) is 11.4 Å². The van der Waals surface area contributed by atoms with E-state index in [1.165, 1.54) is 6.07 Å². The largest absolute Gasteiger partial charge is 0.263 e. The van der Waals surface area contributed by atoms with E-state index in [1.807, 2.05) is 0 Å². The number of hydrogen-bond donors (Lipinski definition) is 1. The van der Waals surface area contributed by atoms with Crippen LogP contribution >= 0.6 is 11.6 Å². The average molecular weight is 212 g/mol. The molecule has 2 rings (SSSR count). The third-order valence-electron chi connectivity index (χ3n) is 1.78. The number of benzene rings is 1. The molecule has 0 saturated carbocycles. The Balaban J connectivity index is 2.61. The number of aromatic nitrogens is 3. The van der Waals surface area contributed by atoms with Crippen LogP contribution < -0.4 is 0 Å². The summed E-state index contributed by atoms with van der Waals surface area (Å²) in [6, 6.07) is 4.47. The van der Waals surface area contributed by atoms with Gasteiger partial charge in [0.15, 0.2) is 5.82 Å². The second-order valence-corrected chi connectivity index (χ2v) is 3.25. The number of aromatic amines is 1. The lowest BCUT2D eigenvalue weighted by Gasteiger charge is -1.99. The van der Waals surface area contributed by atoms with E-state index in [0.29, 0.717) is 10.8 Å². The highest BCUT2D eigenvalue weighted by Gasteiger charge is 2.13. The molecular formula is C9H7ClFN3. The van der Waals surface area contributed by atoms with Crippen LogP contribution in [0.4, 0.5) is 4.39 Å². The monoisotopic (exact) mass is 211 g/mol. The molecule has 1 N–H and O–H groups in total. The fourth-order valence-electron chi connectivity index (χ4n) is 1.17. The Morgan fingerprint density at radius 3 is 2.79 bits per heavy atom. The minimum Gasteiger partial charge on any atom is -0.263 e. The second-order valence-electron chi connectivity index (χ2n) is 2.84. The van der Waals surface area contributed by atoms with E-state index >= 15 is 0 Å². The van der Waals surface area contributed by atoms with Crippen LogP contribution in [-0.4, -0.2) is 15.2 Å². The molecule has 2 aromatic rings. The van der Waals surface area contributed by atoms with Gasteiger partial charge in [-0.3, -0.25) is 5.10 Å². The molecule has 1 aromatic carbocycles. The molecule has 1 aromatic heterocycles. The molecule has 0 unspecified atom stereocenters. The summed E-state index contributed by atoms with van der Waals surface area (Å²) >= 11 is 5.84. The summed E-state index contributed by atoms with van der Waals surface area (Å²) in [4.78, 5) is 4.01. The Labute approximate surface area is 84.9 Å². The van der Waals surface area contributed by atoms with E-state index in [2.05, 4.69) is 15.2 Å². The molecule has 1 heterocycles. The number of nitrogens with one attached hydrogen (secondary N) is 1. The van der Waals surface area contributed by atoms with Gasteiger partial charge in [0.2, 0.25) is 0 Å². The van der Waals surface area contributed by atoms with Crippen molar-refractivity contribution in [3.63, 3.8) is 0 Å². The van der Waals surface area contributed by atoms with Crippen molar-refractivity contribution in [2.24, 2.45) is 0 Å². The molecule has 0 radical (unpaired) electrons. The topological polar surface area (TPSA) is 41.6 Å². The van der Waals surface area contributed by atoms with Gasteiger partial charge >= 0.3 is 0 Å². The lowest BCUT2D eigenvalue weighted by atomic mass is 10.2. The molecule has 0 saturated heterocycles. The Morgan fingerprint density at radius 2 is 2.21 bits per heavy atom. The van der Waals surface area contributed by atoms with Crippen molar-refractivity contribution < 1.29 is 4.39 Å². The molecule has 0 fully saturated rings. The molecule has 0 aliphatic rings. The zero-order valence-electron chi connectivity index (χ0n) is 7.38. The summed E-state index contributed by atoms with van der Waals surface area (Å²) in [5.41, 5.74) is 0.235. The first-order chi connectivity index (χ1) is 6.68. The fourth-order valence-corrected chi connectivity index (χ4v) is 1.41. The van der Waals surface area contributed by atoms with Gasteiger partial charge in [0.1, 0.15) is 11.6 Å². The second kappa shape index (κ2) is 3.38. The van der Waals surface area contributed by atoms with Crippen LogP contribution in [0.1, 0.15) is 5.82 Å². The number of aryl methyl sites for hydroxylation is 1. The lowest BCUT2D eigenvalue weighted by Crippen LogP contribution is -1.87. The SMILES string of the molecule is Cc1nc(-c2c(F)cccc2Cl)n[nH]1. The van der Waals surface area contributed by atoms with Gasteiger partial charge in [-0.1, -0.05) is 17.7 Å².